The summed E-state index contributed by atoms with van der Waals surface area (Å²) in [6, 6.07) is 0.240. The summed E-state index contributed by atoms with van der Waals surface area (Å²) in [4.78, 5) is 17.0. The predicted octanol–water partition coefficient (Wildman–Crippen LogP) is 2.47. The number of hydrogen-bond donors (Lipinski definition) is 2. The van der Waals surface area contributed by atoms with E-state index in [9.17, 15) is 9.90 Å². The van der Waals surface area contributed by atoms with E-state index < -0.39 is 17.4 Å². The monoisotopic (exact) mass is 348 g/mol. The number of rotatable bonds is 6. The van der Waals surface area contributed by atoms with Gasteiger partial charge in [0.15, 0.2) is 5.82 Å². The molecule has 1 aromatic rings. The maximum atomic E-state index is 12.3. The largest absolute Gasteiger partial charge is 0.481 e. The van der Waals surface area contributed by atoms with Crippen molar-refractivity contribution in [1.29, 1.82) is 0 Å². The number of carboxylic acids is 1. The highest BCUT2D eigenvalue weighted by atomic mass is 16.5. The number of nitrogens with zero attached hydrogens (tertiary/aromatic N) is 3. The fourth-order valence-corrected chi connectivity index (χ4v) is 4.18. The summed E-state index contributed by atoms with van der Waals surface area (Å²) in [5.41, 5.74) is 0.952. The molecule has 1 aromatic heterocycles. The van der Waals surface area contributed by atoms with Crippen molar-refractivity contribution in [3.05, 3.63) is 11.8 Å². The molecule has 2 unspecified atom stereocenters. The summed E-state index contributed by atoms with van der Waals surface area (Å²) in [5.74, 6) is -0.692. The number of aliphatic imine (C=N–C) groups is 1. The minimum Gasteiger partial charge on any atom is -0.481 e. The lowest BCUT2D eigenvalue weighted by Gasteiger charge is -2.44. The third-order valence-corrected chi connectivity index (χ3v) is 5.52. The highest BCUT2D eigenvalue weighted by Crippen LogP contribution is 2.45. The number of aliphatic carboxylic acids is 1. The first-order valence-corrected chi connectivity index (χ1v) is 9.29. The summed E-state index contributed by atoms with van der Waals surface area (Å²) in [6.07, 6.45) is 4.87. The first-order valence-electron chi connectivity index (χ1n) is 9.29. The topological polar surface area (TPSA) is 88.7 Å². The van der Waals surface area contributed by atoms with Crippen molar-refractivity contribution in [1.82, 2.24) is 15.1 Å². The molecule has 2 N–H and O–H groups in total. The van der Waals surface area contributed by atoms with E-state index in [2.05, 4.69) is 10.4 Å². The molecule has 3 heterocycles. The summed E-state index contributed by atoms with van der Waals surface area (Å²) in [5, 5.41) is 18.2. The van der Waals surface area contributed by atoms with Crippen LogP contribution in [0.1, 0.15) is 52.0 Å². The van der Waals surface area contributed by atoms with E-state index in [1.807, 2.05) is 25.5 Å². The molecule has 7 heteroatoms. The predicted molar refractivity (Wildman–Crippen MR) is 95.4 cm³/mol. The highest BCUT2D eigenvalue weighted by Gasteiger charge is 2.51. The number of carboxylic acid groups (broad SMARTS) is 1. The first kappa shape index (κ1) is 18.1. The van der Waals surface area contributed by atoms with E-state index >= 15 is 0 Å². The van der Waals surface area contributed by atoms with Crippen LogP contribution in [0, 0.1) is 5.92 Å². The third-order valence-electron chi connectivity index (χ3n) is 5.52. The Balaban J connectivity index is 2.12. The molecule has 1 fully saturated rings. The molecular formula is C18H28N4O3. The molecule has 138 valence electrons. The van der Waals surface area contributed by atoms with Gasteiger partial charge in [-0.15, -0.1) is 0 Å². The van der Waals surface area contributed by atoms with Crippen molar-refractivity contribution in [2.45, 2.75) is 64.6 Å². The lowest BCUT2D eigenvalue weighted by molar-refractivity contribution is -0.142. The zero-order chi connectivity index (χ0) is 18.0. The Morgan fingerprint density at radius 2 is 2.12 bits per heavy atom. The van der Waals surface area contributed by atoms with Crippen LogP contribution in [0.2, 0.25) is 0 Å². The van der Waals surface area contributed by atoms with E-state index in [1.54, 1.807) is 6.20 Å². The van der Waals surface area contributed by atoms with Crippen LogP contribution in [0.3, 0.4) is 0 Å². The zero-order valence-corrected chi connectivity index (χ0v) is 15.3. The second-order valence-corrected chi connectivity index (χ2v) is 6.78. The second-order valence-electron chi connectivity index (χ2n) is 6.78. The van der Waals surface area contributed by atoms with Gasteiger partial charge in [0.25, 0.3) is 0 Å². The van der Waals surface area contributed by atoms with Crippen molar-refractivity contribution in [2.75, 3.05) is 13.2 Å². The minimum atomic E-state index is -0.822. The van der Waals surface area contributed by atoms with E-state index in [1.165, 1.54) is 0 Å². The van der Waals surface area contributed by atoms with Crippen molar-refractivity contribution >= 4 is 17.5 Å². The minimum absolute atomic E-state index is 0.240. The van der Waals surface area contributed by atoms with Gasteiger partial charge in [0.05, 0.1) is 11.7 Å². The molecule has 0 bridgehead atoms. The van der Waals surface area contributed by atoms with Crippen LogP contribution >= 0.6 is 0 Å². The fraction of sp³-hybridized carbons (Fsp3) is 0.722. The number of aromatic nitrogens is 2. The van der Waals surface area contributed by atoms with E-state index in [0.29, 0.717) is 32.6 Å². The number of hydrogen-bond acceptors (Lipinski definition) is 5. The van der Waals surface area contributed by atoms with Gasteiger partial charge in [0.1, 0.15) is 5.92 Å². The Labute approximate surface area is 148 Å². The number of aryl methyl sites for hydroxylation is 1. The SMILES string of the molecule is CCC1=Nc2c(cnn2CC)C(CC)(NC2CCOCC2)C1C(=O)O. The lowest BCUT2D eigenvalue weighted by Crippen LogP contribution is -2.58. The fourth-order valence-electron chi connectivity index (χ4n) is 4.18. The molecule has 25 heavy (non-hydrogen) atoms. The number of carbonyl (C=O) groups is 1. The van der Waals surface area contributed by atoms with Gasteiger partial charge in [-0.3, -0.25) is 4.79 Å². The van der Waals surface area contributed by atoms with Crippen LogP contribution in [0.5, 0.6) is 0 Å². The lowest BCUT2D eigenvalue weighted by atomic mass is 9.71. The van der Waals surface area contributed by atoms with Crippen LogP contribution in [0.4, 0.5) is 5.82 Å². The summed E-state index contributed by atoms with van der Waals surface area (Å²) in [6.45, 7) is 8.19. The van der Waals surface area contributed by atoms with Crippen molar-refractivity contribution in [2.24, 2.45) is 10.9 Å². The van der Waals surface area contributed by atoms with Crippen molar-refractivity contribution < 1.29 is 14.6 Å². The Morgan fingerprint density at radius 1 is 1.40 bits per heavy atom. The third kappa shape index (κ3) is 3.00. The van der Waals surface area contributed by atoms with Crippen LogP contribution in [-0.4, -0.2) is 45.8 Å². The maximum Gasteiger partial charge on any atom is 0.314 e. The van der Waals surface area contributed by atoms with Crippen LogP contribution in [-0.2, 0) is 21.6 Å². The average Bonchev–Trinajstić information content (AvgIpc) is 3.05. The van der Waals surface area contributed by atoms with Gasteiger partial charge >= 0.3 is 5.97 Å². The molecule has 3 rings (SSSR count). The Morgan fingerprint density at radius 3 is 2.68 bits per heavy atom. The van der Waals surface area contributed by atoms with Crippen LogP contribution < -0.4 is 5.32 Å². The Kier molecular flexibility index (Phi) is 5.24. The van der Waals surface area contributed by atoms with Crippen LogP contribution in [0.25, 0.3) is 0 Å². The van der Waals surface area contributed by atoms with Crippen molar-refractivity contribution in [3.8, 4) is 0 Å². The standard InChI is InChI=1S/C18H28N4O3/c1-4-14-15(17(23)24)18(5-2,21-12-7-9-25-10-8-12)13-11-19-22(6-3)16(13)20-14/h11-12,15,21H,4-10H2,1-3H3,(H,23,24). The Hall–Kier alpha value is -1.73. The molecule has 2 aliphatic heterocycles. The van der Waals surface area contributed by atoms with Gasteiger partial charge in [-0.2, -0.15) is 5.10 Å². The smallest absolute Gasteiger partial charge is 0.314 e. The highest BCUT2D eigenvalue weighted by molar-refractivity contribution is 6.05. The molecule has 0 saturated carbocycles. The van der Waals surface area contributed by atoms with Gasteiger partial charge in [0, 0.05) is 37.1 Å². The van der Waals surface area contributed by atoms with Gasteiger partial charge in [-0.1, -0.05) is 13.8 Å². The molecule has 0 aromatic carbocycles. The molecule has 0 radical (unpaired) electrons. The van der Waals surface area contributed by atoms with E-state index in [4.69, 9.17) is 9.73 Å². The molecular weight excluding hydrogens is 320 g/mol. The number of fused-ring (bicyclic) bond motifs is 1. The van der Waals surface area contributed by atoms with Crippen molar-refractivity contribution in [3.63, 3.8) is 0 Å². The summed E-state index contributed by atoms with van der Waals surface area (Å²) in [7, 11) is 0. The van der Waals surface area contributed by atoms with Gasteiger partial charge < -0.3 is 15.2 Å². The van der Waals surface area contributed by atoms with Gasteiger partial charge in [0.2, 0.25) is 0 Å². The second kappa shape index (κ2) is 7.25. The quantitative estimate of drug-likeness (QED) is 0.824. The summed E-state index contributed by atoms with van der Waals surface area (Å²) >= 11 is 0. The molecule has 0 aliphatic carbocycles. The maximum absolute atomic E-state index is 12.3. The molecule has 0 amide bonds. The first-order chi connectivity index (χ1) is 12.1. The van der Waals surface area contributed by atoms with E-state index in [0.717, 1.165) is 29.9 Å². The molecule has 2 atom stereocenters. The number of nitrogens with one attached hydrogen (secondary N) is 1. The van der Waals surface area contributed by atoms with Crippen LogP contribution in [0.15, 0.2) is 11.2 Å². The Bertz CT molecular complexity index is 663. The van der Waals surface area contributed by atoms with Gasteiger partial charge in [-0.05, 0) is 32.6 Å². The summed E-state index contributed by atoms with van der Waals surface area (Å²) < 4.78 is 7.33. The average molecular weight is 348 g/mol. The molecule has 7 nitrogen and oxygen atoms in total. The normalized spacial score (nSPS) is 27.0. The molecule has 0 spiro atoms. The zero-order valence-electron chi connectivity index (χ0n) is 15.3. The molecule has 2 aliphatic rings. The molecule has 1 saturated heterocycles. The van der Waals surface area contributed by atoms with E-state index in [-0.39, 0.29) is 6.04 Å². The number of ether oxygens (including phenoxy) is 1. The van der Waals surface area contributed by atoms with Gasteiger partial charge in [-0.25, -0.2) is 9.67 Å².